The van der Waals surface area contributed by atoms with Gasteiger partial charge in [-0.05, 0) is 0 Å². The summed E-state index contributed by atoms with van der Waals surface area (Å²) in [4.78, 5) is 0. The Balaban J connectivity index is 2.70. The molecule has 0 aromatic heterocycles. The van der Waals surface area contributed by atoms with Gasteiger partial charge < -0.3 is 0 Å². The normalized spacial score (nSPS) is 29.1. The minimum Gasteiger partial charge on any atom is -0.241 e. The Hall–Kier alpha value is -0.220. The lowest BCUT2D eigenvalue weighted by molar-refractivity contribution is -0.517. The van der Waals surface area contributed by atoms with Gasteiger partial charge >= 0.3 is 0 Å². The fourth-order valence-corrected chi connectivity index (χ4v) is 1.05. The molecule has 0 aromatic rings. The van der Waals surface area contributed by atoms with Crippen LogP contribution in [0, 0.1) is 0 Å². The van der Waals surface area contributed by atoms with Gasteiger partial charge in [0.2, 0.25) is 5.50 Å². The second kappa shape index (κ2) is 2.19. The average Bonchev–Trinajstić information content (AvgIpc) is 1.98. The first-order valence-electron chi connectivity index (χ1n) is 2.83. The number of thiol groups is 1. The molecule has 0 N–H and O–H groups in total. The van der Waals surface area contributed by atoms with E-state index in [-0.39, 0.29) is 5.50 Å². The first kappa shape index (κ1) is 6.89. The molecule has 0 saturated carbocycles. The van der Waals surface area contributed by atoms with Crippen LogP contribution in [-0.2, 0) is 0 Å². The molecule has 0 spiro atoms. The van der Waals surface area contributed by atoms with Gasteiger partial charge in [-0.2, -0.15) is 5.01 Å². The molecule has 1 aliphatic heterocycles. The number of hydrazine groups is 1. The van der Waals surface area contributed by atoms with Gasteiger partial charge in [-0.1, -0.05) is 5.01 Å². The lowest BCUT2D eigenvalue weighted by Crippen LogP contribution is -2.35. The van der Waals surface area contributed by atoms with E-state index in [0.29, 0.717) is 0 Å². The third kappa shape index (κ3) is 1.04. The minimum absolute atomic E-state index is 0.190. The molecule has 1 heterocycles. The summed E-state index contributed by atoms with van der Waals surface area (Å²) in [6.45, 7) is 0. The van der Waals surface area contributed by atoms with Crippen LogP contribution in [0.5, 0.6) is 0 Å². The molecule has 0 amide bonds. The van der Waals surface area contributed by atoms with Crippen LogP contribution >= 0.6 is 12.6 Å². The van der Waals surface area contributed by atoms with Gasteiger partial charge in [-0.25, -0.2) is 4.58 Å². The van der Waals surface area contributed by atoms with Gasteiger partial charge in [0, 0.05) is 7.05 Å². The number of hydrogen-bond acceptors (Lipinski definition) is 3. The Morgan fingerprint density at radius 3 is 2.22 bits per heavy atom. The van der Waals surface area contributed by atoms with E-state index < -0.39 is 0 Å². The molecule has 0 bridgehead atoms. The maximum atomic E-state index is 4.32. The van der Waals surface area contributed by atoms with E-state index in [4.69, 9.17) is 0 Å². The summed E-state index contributed by atoms with van der Waals surface area (Å²) in [7, 11) is 5.99. The summed E-state index contributed by atoms with van der Waals surface area (Å²) in [5.41, 5.74) is 0.190. The largest absolute Gasteiger partial charge is 0.254 e. The van der Waals surface area contributed by atoms with Crippen molar-refractivity contribution < 1.29 is 4.58 Å². The highest BCUT2D eigenvalue weighted by Crippen LogP contribution is 2.07. The second-order valence-electron chi connectivity index (χ2n) is 2.27. The van der Waals surface area contributed by atoms with E-state index in [9.17, 15) is 0 Å². The smallest absolute Gasteiger partial charge is 0.241 e. The van der Waals surface area contributed by atoms with Crippen molar-refractivity contribution in [2.45, 2.75) is 5.50 Å². The standard InChI is InChI=1S/C5H11N3S/c1-6-4-7(2)8(3)5(6)9/h4-5H,1-3H3/p+1. The highest BCUT2D eigenvalue weighted by atomic mass is 32.1. The lowest BCUT2D eigenvalue weighted by atomic mass is 10.9. The Kier molecular flexibility index (Phi) is 1.68. The average molecular weight is 146 g/mol. The number of rotatable bonds is 0. The molecule has 1 rings (SSSR count). The van der Waals surface area contributed by atoms with Crippen LogP contribution < -0.4 is 0 Å². The predicted molar refractivity (Wildman–Crippen MR) is 40.5 cm³/mol. The summed E-state index contributed by atoms with van der Waals surface area (Å²) in [5, 5.41) is 4.03. The Morgan fingerprint density at radius 1 is 1.56 bits per heavy atom. The summed E-state index contributed by atoms with van der Waals surface area (Å²) in [6.07, 6.45) is 2.00. The molecular weight excluding hydrogens is 134 g/mol. The zero-order chi connectivity index (χ0) is 7.02. The maximum absolute atomic E-state index is 4.32. The lowest BCUT2D eigenvalue weighted by Gasteiger charge is -2.13. The summed E-state index contributed by atoms with van der Waals surface area (Å²) in [6, 6.07) is 0. The molecule has 1 atom stereocenters. The molecule has 9 heavy (non-hydrogen) atoms. The van der Waals surface area contributed by atoms with E-state index in [2.05, 4.69) is 12.6 Å². The molecule has 1 aliphatic rings. The first-order chi connectivity index (χ1) is 4.13. The third-order valence-electron chi connectivity index (χ3n) is 1.55. The zero-order valence-electron chi connectivity index (χ0n) is 5.94. The zero-order valence-corrected chi connectivity index (χ0v) is 6.84. The van der Waals surface area contributed by atoms with Gasteiger partial charge in [0.1, 0.15) is 0 Å². The fraction of sp³-hybridized carbons (Fsp3) is 0.800. The van der Waals surface area contributed by atoms with Crippen molar-refractivity contribution in [1.82, 2.24) is 10.0 Å². The summed E-state index contributed by atoms with van der Waals surface area (Å²) < 4.78 is 2.03. The molecule has 4 heteroatoms. The van der Waals surface area contributed by atoms with Gasteiger partial charge in [0.25, 0.3) is 6.34 Å². The second-order valence-corrected chi connectivity index (χ2v) is 2.74. The number of hydrogen-bond donors (Lipinski definition) is 1. The van der Waals surface area contributed by atoms with Crippen molar-refractivity contribution in [2.24, 2.45) is 0 Å². The molecule has 0 radical (unpaired) electrons. The minimum atomic E-state index is 0.190. The van der Waals surface area contributed by atoms with Crippen LogP contribution in [0.15, 0.2) is 0 Å². The van der Waals surface area contributed by atoms with E-state index in [1.54, 1.807) is 0 Å². The Bertz CT molecular complexity index is 145. The van der Waals surface area contributed by atoms with E-state index >= 15 is 0 Å². The van der Waals surface area contributed by atoms with Gasteiger partial charge in [-0.3, -0.25) is 0 Å². The van der Waals surface area contributed by atoms with E-state index in [1.807, 2.05) is 42.1 Å². The van der Waals surface area contributed by atoms with Crippen molar-refractivity contribution in [3.8, 4) is 0 Å². The SMILES string of the molecule is CN1C=[N+](C)C(S)N1C. The molecule has 0 fully saturated rings. The molecule has 1 unspecified atom stereocenters. The van der Waals surface area contributed by atoms with Crippen LogP contribution in [0.1, 0.15) is 0 Å². The molecule has 3 nitrogen and oxygen atoms in total. The highest BCUT2D eigenvalue weighted by Gasteiger charge is 2.28. The van der Waals surface area contributed by atoms with Gasteiger partial charge in [-0.15, -0.1) is 12.6 Å². The van der Waals surface area contributed by atoms with Crippen molar-refractivity contribution in [1.29, 1.82) is 0 Å². The monoisotopic (exact) mass is 146 g/mol. The quantitative estimate of drug-likeness (QED) is 0.370. The maximum Gasteiger partial charge on any atom is 0.254 e. The van der Waals surface area contributed by atoms with Crippen molar-refractivity contribution >= 4 is 19.0 Å². The molecule has 0 aliphatic carbocycles. The third-order valence-corrected chi connectivity index (χ3v) is 2.24. The van der Waals surface area contributed by atoms with E-state index in [0.717, 1.165) is 0 Å². The summed E-state index contributed by atoms with van der Waals surface area (Å²) >= 11 is 4.32. The highest BCUT2D eigenvalue weighted by molar-refractivity contribution is 7.80. The van der Waals surface area contributed by atoms with Crippen molar-refractivity contribution in [3.05, 3.63) is 0 Å². The van der Waals surface area contributed by atoms with Gasteiger partial charge in [0.05, 0.1) is 14.1 Å². The van der Waals surface area contributed by atoms with E-state index in [1.165, 1.54) is 0 Å². The fourth-order valence-electron chi connectivity index (χ4n) is 0.831. The number of nitrogens with zero attached hydrogens (tertiary/aromatic N) is 3. The van der Waals surface area contributed by atoms with Crippen LogP contribution in [0.4, 0.5) is 0 Å². The predicted octanol–water partition coefficient (Wildman–Crippen LogP) is -0.337. The molecule has 52 valence electrons. The van der Waals surface area contributed by atoms with Crippen LogP contribution in [0.2, 0.25) is 0 Å². The van der Waals surface area contributed by atoms with Gasteiger partial charge in [0.15, 0.2) is 0 Å². The van der Waals surface area contributed by atoms with Crippen LogP contribution in [-0.4, -0.2) is 47.6 Å². The topological polar surface area (TPSA) is 9.49 Å². The van der Waals surface area contributed by atoms with Crippen LogP contribution in [0.25, 0.3) is 0 Å². The molecule has 0 saturated heterocycles. The molecule has 0 aromatic carbocycles. The van der Waals surface area contributed by atoms with Crippen molar-refractivity contribution in [2.75, 3.05) is 21.1 Å². The van der Waals surface area contributed by atoms with Crippen molar-refractivity contribution in [3.63, 3.8) is 0 Å². The summed E-state index contributed by atoms with van der Waals surface area (Å²) in [5.74, 6) is 0. The first-order valence-corrected chi connectivity index (χ1v) is 3.35. The molecular formula is C5H12N3S+. The Labute approximate surface area is 60.9 Å². The Morgan fingerprint density at radius 2 is 2.11 bits per heavy atom. The van der Waals surface area contributed by atoms with Crippen LogP contribution in [0.3, 0.4) is 0 Å².